The van der Waals surface area contributed by atoms with Gasteiger partial charge in [-0.2, -0.15) is 5.10 Å². The molecule has 2 aliphatic rings. The second kappa shape index (κ2) is 9.38. The Kier molecular flexibility index (Phi) is 6.41. The quantitative estimate of drug-likeness (QED) is 0.693. The van der Waals surface area contributed by atoms with Gasteiger partial charge in [-0.3, -0.25) is 14.3 Å². The van der Waals surface area contributed by atoms with Crippen LogP contribution >= 0.6 is 0 Å². The van der Waals surface area contributed by atoms with Crippen LogP contribution in [0.5, 0.6) is 11.5 Å². The van der Waals surface area contributed by atoms with Crippen LogP contribution in [0.1, 0.15) is 20.3 Å². The lowest BCUT2D eigenvalue weighted by Gasteiger charge is -2.22. The van der Waals surface area contributed by atoms with Crippen LogP contribution in [0.4, 0.5) is 11.4 Å². The number of hydrogen-bond donors (Lipinski definition) is 1. The molecule has 1 N–H and O–H groups in total. The molecule has 2 aliphatic heterocycles. The Labute approximate surface area is 181 Å². The highest BCUT2D eigenvalue weighted by atomic mass is 16.6. The fraction of sp³-hybridized carbons (Fsp3) is 0.500. The van der Waals surface area contributed by atoms with Crippen molar-refractivity contribution in [3.8, 4) is 11.5 Å². The summed E-state index contributed by atoms with van der Waals surface area (Å²) in [6.45, 7) is 9.27. The first-order chi connectivity index (χ1) is 15.1. The van der Waals surface area contributed by atoms with Crippen LogP contribution in [0.3, 0.4) is 0 Å². The number of carbonyl (C=O) groups excluding carboxylic acids is 2. The van der Waals surface area contributed by atoms with Gasteiger partial charge < -0.3 is 24.6 Å². The highest BCUT2D eigenvalue weighted by Crippen LogP contribution is 2.36. The summed E-state index contributed by atoms with van der Waals surface area (Å²) in [5.74, 6) is 0.638. The van der Waals surface area contributed by atoms with Crippen LogP contribution in [0, 0.1) is 5.92 Å². The third-order valence-electron chi connectivity index (χ3n) is 5.77. The minimum Gasteiger partial charge on any atom is -0.486 e. The molecular formula is C22H29N5O4. The zero-order valence-electron chi connectivity index (χ0n) is 18.0. The van der Waals surface area contributed by atoms with Gasteiger partial charge in [0.05, 0.1) is 24.3 Å². The molecule has 3 heterocycles. The maximum absolute atomic E-state index is 12.8. The van der Waals surface area contributed by atoms with Gasteiger partial charge in [-0.15, -0.1) is 0 Å². The molecule has 1 atom stereocenters. The average molecular weight is 428 g/mol. The zero-order valence-corrected chi connectivity index (χ0v) is 18.0. The SMILES string of the molecule is CCN(CC)CCn1cc(NC(=O)C2CC(=O)N(c3ccc4c(c3)OCCO4)C2)cn1. The summed E-state index contributed by atoms with van der Waals surface area (Å²) in [7, 11) is 0. The van der Waals surface area contributed by atoms with Crippen molar-refractivity contribution in [1.29, 1.82) is 0 Å². The zero-order chi connectivity index (χ0) is 21.8. The molecule has 166 valence electrons. The third-order valence-corrected chi connectivity index (χ3v) is 5.77. The van der Waals surface area contributed by atoms with Crippen LogP contribution in [0.25, 0.3) is 0 Å². The van der Waals surface area contributed by atoms with E-state index in [9.17, 15) is 9.59 Å². The predicted octanol–water partition coefficient (Wildman–Crippen LogP) is 1.99. The second-order valence-electron chi connectivity index (χ2n) is 7.74. The lowest BCUT2D eigenvalue weighted by Crippen LogP contribution is -2.28. The molecule has 1 unspecified atom stereocenters. The normalized spacial score (nSPS) is 18.0. The number of anilines is 2. The van der Waals surface area contributed by atoms with E-state index in [1.54, 1.807) is 23.2 Å². The van der Waals surface area contributed by atoms with E-state index < -0.39 is 5.92 Å². The van der Waals surface area contributed by atoms with Crippen molar-refractivity contribution in [3.63, 3.8) is 0 Å². The number of nitrogens with one attached hydrogen (secondary N) is 1. The maximum atomic E-state index is 12.8. The predicted molar refractivity (Wildman–Crippen MR) is 117 cm³/mol. The Balaban J connectivity index is 1.34. The lowest BCUT2D eigenvalue weighted by atomic mass is 10.1. The summed E-state index contributed by atoms with van der Waals surface area (Å²) in [4.78, 5) is 29.3. The fourth-order valence-corrected chi connectivity index (χ4v) is 3.91. The van der Waals surface area contributed by atoms with Crippen molar-refractivity contribution in [3.05, 3.63) is 30.6 Å². The second-order valence-corrected chi connectivity index (χ2v) is 7.74. The van der Waals surface area contributed by atoms with Crippen LogP contribution in [-0.2, 0) is 16.1 Å². The number of carbonyl (C=O) groups is 2. The van der Waals surface area contributed by atoms with Gasteiger partial charge in [0.15, 0.2) is 11.5 Å². The molecule has 1 fully saturated rings. The van der Waals surface area contributed by atoms with Crippen molar-refractivity contribution in [2.24, 2.45) is 5.92 Å². The summed E-state index contributed by atoms with van der Waals surface area (Å²) in [6, 6.07) is 5.43. The molecule has 9 nitrogen and oxygen atoms in total. The van der Waals surface area contributed by atoms with Crippen molar-refractivity contribution < 1.29 is 19.1 Å². The van der Waals surface area contributed by atoms with E-state index in [4.69, 9.17) is 9.47 Å². The van der Waals surface area contributed by atoms with Crippen molar-refractivity contribution in [2.75, 3.05) is 49.6 Å². The number of rotatable bonds is 8. The molecule has 1 saturated heterocycles. The smallest absolute Gasteiger partial charge is 0.229 e. The van der Waals surface area contributed by atoms with E-state index in [2.05, 4.69) is 29.2 Å². The van der Waals surface area contributed by atoms with Crippen LogP contribution in [0.15, 0.2) is 30.6 Å². The van der Waals surface area contributed by atoms with Gasteiger partial charge >= 0.3 is 0 Å². The summed E-state index contributed by atoms with van der Waals surface area (Å²) >= 11 is 0. The van der Waals surface area contributed by atoms with E-state index in [1.807, 2.05) is 16.9 Å². The van der Waals surface area contributed by atoms with Gasteiger partial charge in [0.25, 0.3) is 0 Å². The molecule has 1 aromatic carbocycles. The molecule has 1 aromatic heterocycles. The topological polar surface area (TPSA) is 88.9 Å². The Bertz CT molecular complexity index is 940. The van der Waals surface area contributed by atoms with E-state index in [1.165, 1.54) is 0 Å². The number of nitrogens with zero attached hydrogens (tertiary/aromatic N) is 4. The minimum absolute atomic E-state index is 0.0771. The van der Waals surface area contributed by atoms with E-state index >= 15 is 0 Å². The molecule has 31 heavy (non-hydrogen) atoms. The standard InChI is InChI=1S/C22H29N5O4/c1-3-25(4-2)7-8-26-15-17(13-23-26)24-22(29)16-11-21(28)27(14-16)18-5-6-19-20(12-18)31-10-9-30-19/h5-6,12-13,15-16H,3-4,7-11,14H2,1-2H3,(H,24,29). The molecule has 2 amide bonds. The van der Waals surface area contributed by atoms with E-state index in [-0.39, 0.29) is 18.2 Å². The number of fused-ring (bicyclic) bond motifs is 1. The van der Waals surface area contributed by atoms with Gasteiger partial charge in [0.1, 0.15) is 13.2 Å². The molecule has 0 bridgehead atoms. The van der Waals surface area contributed by atoms with Gasteiger partial charge in [-0.05, 0) is 25.2 Å². The minimum atomic E-state index is -0.417. The van der Waals surface area contributed by atoms with Gasteiger partial charge in [0, 0.05) is 37.5 Å². The summed E-state index contributed by atoms with van der Waals surface area (Å²) in [6.07, 6.45) is 3.66. The first kappa shape index (κ1) is 21.2. The summed E-state index contributed by atoms with van der Waals surface area (Å²) in [5, 5.41) is 7.23. The maximum Gasteiger partial charge on any atom is 0.229 e. The molecule has 4 rings (SSSR count). The highest BCUT2D eigenvalue weighted by molar-refractivity contribution is 6.03. The van der Waals surface area contributed by atoms with E-state index in [0.29, 0.717) is 42.6 Å². The van der Waals surface area contributed by atoms with E-state index in [0.717, 1.165) is 26.2 Å². The Morgan fingerprint density at radius 2 is 2.00 bits per heavy atom. The number of ether oxygens (including phenoxy) is 2. The van der Waals surface area contributed by atoms with Crippen molar-refractivity contribution >= 4 is 23.2 Å². The molecular weight excluding hydrogens is 398 g/mol. The molecule has 2 aromatic rings. The Morgan fingerprint density at radius 1 is 1.23 bits per heavy atom. The van der Waals surface area contributed by atoms with Crippen LogP contribution in [0.2, 0.25) is 0 Å². The molecule has 0 saturated carbocycles. The van der Waals surface area contributed by atoms with Crippen molar-refractivity contribution in [2.45, 2.75) is 26.8 Å². The third kappa shape index (κ3) is 4.82. The number of amides is 2. The molecule has 9 heteroatoms. The van der Waals surface area contributed by atoms with Gasteiger partial charge in [0.2, 0.25) is 11.8 Å². The fourth-order valence-electron chi connectivity index (χ4n) is 3.91. The molecule has 0 aliphatic carbocycles. The average Bonchev–Trinajstić information content (AvgIpc) is 3.40. The molecule has 0 spiro atoms. The van der Waals surface area contributed by atoms with Gasteiger partial charge in [-0.1, -0.05) is 13.8 Å². The van der Waals surface area contributed by atoms with Crippen LogP contribution < -0.4 is 19.7 Å². The number of benzene rings is 1. The first-order valence-electron chi connectivity index (χ1n) is 10.8. The number of hydrogen-bond acceptors (Lipinski definition) is 6. The van der Waals surface area contributed by atoms with Gasteiger partial charge in [-0.25, -0.2) is 0 Å². The highest BCUT2D eigenvalue weighted by Gasteiger charge is 2.35. The number of aromatic nitrogens is 2. The Hall–Kier alpha value is -3.07. The largest absolute Gasteiger partial charge is 0.486 e. The molecule has 0 radical (unpaired) electrons. The first-order valence-corrected chi connectivity index (χ1v) is 10.8. The summed E-state index contributed by atoms with van der Waals surface area (Å²) < 4.78 is 13.0. The van der Waals surface area contributed by atoms with Crippen molar-refractivity contribution in [1.82, 2.24) is 14.7 Å². The monoisotopic (exact) mass is 427 g/mol. The van der Waals surface area contributed by atoms with Crippen LogP contribution in [-0.4, -0.2) is 65.9 Å². The lowest BCUT2D eigenvalue weighted by molar-refractivity contribution is -0.122. The summed E-state index contributed by atoms with van der Waals surface area (Å²) in [5.41, 5.74) is 1.36. The number of likely N-dealkylation sites (N-methyl/N-ethyl adjacent to an activating group) is 1. The Morgan fingerprint density at radius 3 is 2.77 bits per heavy atom.